The van der Waals surface area contributed by atoms with Crippen LogP contribution in [0.1, 0.15) is 18.1 Å². The highest BCUT2D eigenvalue weighted by molar-refractivity contribution is 6.35. The van der Waals surface area contributed by atoms with Gasteiger partial charge in [-0.05, 0) is 48.7 Å². The van der Waals surface area contributed by atoms with Crippen LogP contribution in [0.4, 0.5) is 0 Å². The van der Waals surface area contributed by atoms with Crippen molar-refractivity contribution in [2.45, 2.75) is 13.3 Å². The fourth-order valence-electron chi connectivity index (χ4n) is 1.76. The first-order valence-electron chi connectivity index (χ1n) is 5.84. The summed E-state index contributed by atoms with van der Waals surface area (Å²) in [5, 5.41) is 1.37. The zero-order valence-electron chi connectivity index (χ0n) is 10.1. The fourth-order valence-corrected chi connectivity index (χ4v) is 2.23. The second-order valence-electron chi connectivity index (χ2n) is 3.99. The summed E-state index contributed by atoms with van der Waals surface area (Å²) >= 11 is 12.0. The molecule has 0 bridgehead atoms. The first kappa shape index (κ1) is 13.3. The Morgan fingerprint density at radius 1 is 1.00 bits per heavy atom. The number of hydrogen-bond acceptors (Lipinski definition) is 1. The van der Waals surface area contributed by atoms with Gasteiger partial charge in [-0.1, -0.05) is 41.4 Å². The highest BCUT2D eigenvalue weighted by Crippen LogP contribution is 2.24. The number of halogens is 2. The van der Waals surface area contributed by atoms with Gasteiger partial charge in [0.25, 0.3) is 0 Å². The maximum atomic E-state index is 6.15. The van der Waals surface area contributed by atoms with Gasteiger partial charge < -0.3 is 4.74 Å². The largest absolute Gasteiger partial charge is 0.494 e. The van der Waals surface area contributed by atoms with Crippen LogP contribution >= 0.6 is 23.2 Å². The summed E-state index contributed by atoms with van der Waals surface area (Å²) in [7, 11) is 0. The fraction of sp³-hybridized carbons (Fsp3) is 0.200. The van der Waals surface area contributed by atoms with Crippen molar-refractivity contribution in [2.75, 3.05) is 6.61 Å². The van der Waals surface area contributed by atoms with Gasteiger partial charge in [0, 0.05) is 10.0 Å². The highest BCUT2D eigenvalue weighted by Gasteiger charge is 2.03. The Labute approximate surface area is 117 Å². The Kier molecular flexibility index (Phi) is 4.51. The van der Waals surface area contributed by atoms with Crippen molar-refractivity contribution in [3.63, 3.8) is 0 Å². The molecule has 0 aliphatic rings. The van der Waals surface area contributed by atoms with Crippen LogP contribution in [0.2, 0.25) is 10.0 Å². The zero-order valence-corrected chi connectivity index (χ0v) is 11.6. The normalized spacial score (nSPS) is 10.4. The van der Waals surface area contributed by atoms with Gasteiger partial charge in [0.05, 0.1) is 6.61 Å². The maximum absolute atomic E-state index is 6.15. The smallest absolute Gasteiger partial charge is 0.119 e. The van der Waals surface area contributed by atoms with Gasteiger partial charge in [-0.15, -0.1) is 0 Å². The molecule has 0 heterocycles. The maximum Gasteiger partial charge on any atom is 0.119 e. The predicted molar refractivity (Wildman–Crippen MR) is 76.9 cm³/mol. The van der Waals surface area contributed by atoms with Crippen LogP contribution in [0.25, 0.3) is 0 Å². The van der Waals surface area contributed by atoms with E-state index in [1.54, 1.807) is 6.07 Å². The van der Waals surface area contributed by atoms with E-state index in [2.05, 4.69) is 12.1 Å². The molecular formula is C15H14Cl2O. The van der Waals surface area contributed by atoms with Crippen LogP contribution < -0.4 is 4.74 Å². The molecule has 0 spiro atoms. The van der Waals surface area contributed by atoms with E-state index in [9.17, 15) is 0 Å². The van der Waals surface area contributed by atoms with E-state index in [1.807, 2.05) is 31.2 Å². The quantitative estimate of drug-likeness (QED) is 0.767. The van der Waals surface area contributed by atoms with E-state index in [4.69, 9.17) is 27.9 Å². The summed E-state index contributed by atoms with van der Waals surface area (Å²) in [5.41, 5.74) is 2.27. The number of rotatable bonds is 4. The summed E-state index contributed by atoms with van der Waals surface area (Å²) < 4.78 is 5.41. The lowest BCUT2D eigenvalue weighted by molar-refractivity contribution is 0.340. The Hall–Kier alpha value is -1.18. The van der Waals surface area contributed by atoms with Gasteiger partial charge in [-0.2, -0.15) is 0 Å². The summed E-state index contributed by atoms with van der Waals surface area (Å²) in [6.45, 7) is 2.66. The Morgan fingerprint density at radius 2 is 1.72 bits per heavy atom. The summed E-state index contributed by atoms with van der Waals surface area (Å²) in [6, 6.07) is 13.6. The summed E-state index contributed by atoms with van der Waals surface area (Å²) in [5.74, 6) is 0.892. The second kappa shape index (κ2) is 6.12. The zero-order chi connectivity index (χ0) is 13.0. The average Bonchev–Trinajstić information content (AvgIpc) is 2.35. The molecule has 0 saturated carbocycles. The molecule has 0 N–H and O–H groups in total. The van der Waals surface area contributed by atoms with Crippen LogP contribution in [-0.4, -0.2) is 6.61 Å². The van der Waals surface area contributed by atoms with Crippen LogP contribution in [0, 0.1) is 0 Å². The summed E-state index contributed by atoms with van der Waals surface area (Å²) in [6.07, 6.45) is 0.794. The van der Waals surface area contributed by atoms with E-state index in [-0.39, 0.29) is 0 Å². The van der Waals surface area contributed by atoms with Gasteiger partial charge in [-0.3, -0.25) is 0 Å². The molecule has 0 radical (unpaired) electrons. The van der Waals surface area contributed by atoms with Crippen molar-refractivity contribution < 1.29 is 4.74 Å². The molecule has 2 aromatic rings. The molecule has 0 saturated heterocycles. The van der Waals surface area contributed by atoms with Crippen LogP contribution in [0.5, 0.6) is 5.75 Å². The van der Waals surface area contributed by atoms with Crippen molar-refractivity contribution in [3.8, 4) is 5.75 Å². The third kappa shape index (κ3) is 3.41. The molecule has 2 aromatic carbocycles. The molecule has 0 atom stereocenters. The number of ether oxygens (including phenoxy) is 1. The molecule has 0 unspecified atom stereocenters. The van der Waals surface area contributed by atoms with E-state index in [1.165, 1.54) is 5.56 Å². The van der Waals surface area contributed by atoms with Crippen molar-refractivity contribution >= 4 is 23.2 Å². The van der Waals surface area contributed by atoms with Crippen LogP contribution in [0.3, 0.4) is 0 Å². The first-order valence-corrected chi connectivity index (χ1v) is 6.60. The van der Waals surface area contributed by atoms with E-state index >= 15 is 0 Å². The Bertz CT molecular complexity index is 521. The lowest BCUT2D eigenvalue weighted by Gasteiger charge is -2.07. The second-order valence-corrected chi connectivity index (χ2v) is 4.83. The molecule has 18 heavy (non-hydrogen) atoms. The third-order valence-electron chi connectivity index (χ3n) is 2.64. The molecular weight excluding hydrogens is 267 g/mol. The standard InChI is InChI=1S/C15H14Cl2O/c1-2-18-14-7-3-11(4-8-14)9-12-5-6-13(16)10-15(12)17/h3-8,10H,2,9H2,1H3. The SMILES string of the molecule is CCOc1ccc(Cc2ccc(Cl)cc2Cl)cc1. The minimum absolute atomic E-state index is 0.662. The highest BCUT2D eigenvalue weighted by atomic mass is 35.5. The lowest BCUT2D eigenvalue weighted by atomic mass is 10.1. The van der Waals surface area contributed by atoms with Crippen LogP contribution in [0.15, 0.2) is 42.5 Å². The van der Waals surface area contributed by atoms with Gasteiger partial charge in [-0.25, -0.2) is 0 Å². The Morgan fingerprint density at radius 3 is 2.33 bits per heavy atom. The minimum atomic E-state index is 0.662. The average molecular weight is 281 g/mol. The molecule has 2 rings (SSSR count). The Balaban J connectivity index is 2.13. The molecule has 0 fully saturated rings. The molecule has 0 aromatic heterocycles. The van der Waals surface area contributed by atoms with Crippen LogP contribution in [-0.2, 0) is 6.42 Å². The van der Waals surface area contributed by atoms with Gasteiger partial charge in [0.15, 0.2) is 0 Å². The van der Waals surface area contributed by atoms with Gasteiger partial charge >= 0.3 is 0 Å². The molecule has 94 valence electrons. The van der Waals surface area contributed by atoms with Crippen molar-refractivity contribution in [1.29, 1.82) is 0 Å². The van der Waals surface area contributed by atoms with Crippen molar-refractivity contribution in [3.05, 3.63) is 63.6 Å². The van der Waals surface area contributed by atoms with Gasteiger partial charge in [0.1, 0.15) is 5.75 Å². The monoisotopic (exact) mass is 280 g/mol. The summed E-state index contributed by atoms with van der Waals surface area (Å²) in [4.78, 5) is 0. The molecule has 1 nitrogen and oxygen atoms in total. The van der Waals surface area contributed by atoms with E-state index in [0.29, 0.717) is 16.7 Å². The molecule has 3 heteroatoms. The van der Waals surface area contributed by atoms with Crippen molar-refractivity contribution in [2.24, 2.45) is 0 Å². The number of benzene rings is 2. The molecule has 0 amide bonds. The third-order valence-corrected chi connectivity index (χ3v) is 3.23. The topological polar surface area (TPSA) is 9.23 Å². The first-order chi connectivity index (χ1) is 8.69. The molecule has 0 aliphatic heterocycles. The van der Waals surface area contributed by atoms with Gasteiger partial charge in [0.2, 0.25) is 0 Å². The molecule has 0 aliphatic carbocycles. The predicted octanol–water partition coefficient (Wildman–Crippen LogP) is 4.98. The van der Waals surface area contributed by atoms with E-state index in [0.717, 1.165) is 17.7 Å². The number of hydrogen-bond donors (Lipinski definition) is 0. The minimum Gasteiger partial charge on any atom is -0.494 e. The lowest BCUT2D eigenvalue weighted by Crippen LogP contribution is -1.93. The van der Waals surface area contributed by atoms with E-state index < -0.39 is 0 Å². The van der Waals surface area contributed by atoms with Crippen molar-refractivity contribution in [1.82, 2.24) is 0 Å².